The van der Waals surface area contributed by atoms with Crippen molar-refractivity contribution in [2.24, 2.45) is 5.41 Å². The second kappa shape index (κ2) is 12.1. The third-order valence-corrected chi connectivity index (χ3v) is 6.63. The predicted molar refractivity (Wildman–Crippen MR) is 94.1 cm³/mol. The molecule has 4 nitrogen and oxygen atoms in total. The van der Waals surface area contributed by atoms with Crippen LogP contribution in [0.3, 0.4) is 0 Å². The minimum atomic E-state index is -10.3. The lowest BCUT2D eigenvalue weighted by atomic mass is 9.67. The second-order valence-electron chi connectivity index (χ2n) is 9.82. The predicted octanol–water partition coefficient (Wildman–Crippen LogP) is 9.53. The standard InChI is InChI=1S/C18H2F32O4/c19-4(20,6(23,24)8(27,28)10(31,32)11(33,34)12(35,36)14(39,40)16(43,44)18(48,49)50)3(1(51)52,2(53)54)5(21,22)7(25,26)9(29,30)13(37,38)15(41,42)17(45,46)47/h(H,51,52)(H,53,54). The Bertz CT molecular complexity index is 1430. The molecule has 54 heavy (non-hydrogen) atoms. The van der Waals surface area contributed by atoms with Gasteiger partial charge in [-0.15, -0.1) is 0 Å². The Morgan fingerprint density at radius 3 is 0.444 bits per heavy atom. The molecule has 0 saturated carbocycles. The van der Waals surface area contributed by atoms with Crippen LogP contribution < -0.4 is 0 Å². The lowest BCUT2D eigenvalue weighted by Gasteiger charge is -2.48. The first kappa shape index (κ1) is 50.7. The number of halogens is 32. The van der Waals surface area contributed by atoms with Gasteiger partial charge in [0.05, 0.1) is 0 Å². The van der Waals surface area contributed by atoms with Crippen molar-refractivity contribution >= 4 is 11.9 Å². The van der Waals surface area contributed by atoms with Crippen LogP contribution in [0.4, 0.5) is 140 Å². The molecule has 0 aliphatic heterocycles. The highest BCUT2D eigenvalue weighted by Crippen LogP contribution is 2.71. The van der Waals surface area contributed by atoms with Crippen LogP contribution in [-0.2, 0) is 9.59 Å². The fourth-order valence-electron chi connectivity index (χ4n) is 3.43. The molecule has 0 amide bonds. The molecule has 0 aliphatic carbocycles. The largest absolute Gasteiger partial charge is 0.480 e. The van der Waals surface area contributed by atoms with Gasteiger partial charge in [-0.05, 0) is 0 Å². The summed E-state index contributed by atoms with van der Waals surface area (Å²) in [4.78, 5) is 22.2. The molecule has 0 aliphatic rings. The summed E-state index contributed by atoms with van der Waals surface area (Å²) in [5.41, 5.74) is -9.36. The van der Waals surface area contributed by atoms with Crippen molar-refractivity contribution in [2.45, 2.75) is 89.3 Å². The van der Waals surface area contributed by atoms with Crippen LogP contribution in [0.25, 0.3) is 0 Å². The number of alkyl halides is 32. The number of hydrogen-bond donors (Lipinski definition) is 2. The maximum atomic E-state index is 14.7. The van der Waals surface area contributed by atoms with E-state index in [1.807, 2.05) is 0 Å². The van der Waals surface area contributed by atoms with Gasteiger partial charge in [-0.1, -0.05) is 0 Å². The fraction of sp³-hybridized carbons (Fsp3) is 0.889. The van der Waals surface area contributed by atoms with Crippen LogP contribution in [0.15, 0.2) is 0 Å². The zero-order valence-corrected chi connectivity index (χ0v) is 22.8. The zero-order valence-electron chi connectivity index (χ0n) is 22.8. The first-order chi connectivity index (χ1) is 22.6. The summed E-state index contributed by atoms with van der Waals surface area (Å²) < 4.78 is 432. The second-order valence-corrected chi connectivity index (χ2v) is 9.82. The van der Waals surface area contributed by atoms with Crippen LogP contribution in [0.5, 0.6) is 0 Å². The Hall–Kier alpha value is -3.30. The Labute approximate surface area is 268 Å². The first-order valence-corrected chi connectivity index (χ1v) is 11.2. The minimum absolute atomic E-state index is 5.97. The third kappa shape index (κ3) is 5.37. The maximum absolute atomic E-state index is 14.7. The van der Waals surface area contributed by atoms with Gasteiger partial charge >= 0.3 is 107 Å². The molecular formula is C18H2F32O4. The number of hydrogen-bond acceptors (Lipinski definition) is 2. The van der Waals surface area contributed by atoms with E-state index in [0.29, 0.717) is 0 Å². The molecule has 2 N–H and O–H groups in total. The lowest BCUT2D eigenvalue weighted by molar-refractivity contribution is -0.478. The highest BCUT2D eigenvalue weighted by atomic mass is 19.4. The summed E-state index contributed by atoms with van der Waals surface area (Å²) in [6.45, 7) is 0. The van der Waals surface area contributed by atoms with E-state index in [0.717, 1.165) is 0 Å². The lowest BCUT2D eigenvalue weighted by Crippen LogP contribution is -2.82. The normalized spacial score (nSPS) is 16.8. The molecule has 322 valence electrons. The number of rotatable bonds is 15. The number of carboxylic acid groups (broad SMARTS) is 2. The van der Waals surface area contributed by atoms with Gasteiger partial charge < -0.3 is 10.2 Å². The van der Waals surface area contributed by atoms with E-state index < -0.39 is 107 Å². The zero-order chi connectivity index (χ0) is 45.2. The molecule has 0 aromatic rings. The molecule has 0 aromatic carbocycles. The summed E-state index contributed by atoms with van der Waals surface area (Å²) >= 11 is 0. The molecule has 0 fully saturated rings. The van der Waals surface area contributed by atoms with Gasteiger partial charge in [0.2, 0.25) is 0 Å². The molecule has 0 bridgehead atoms. The van der Waals surface area contributed by atoms with Gasteiger partial charge in [-0.3, -0.25) is 9.59 Å². The molecule has 36 heteroatoms. The quantitative estimate of drug-likeness (QED) is 0.127. The third-order valence-electron chi connectivity index (χ3n) is 6.63. The van der Waals surface area contributed by atoms with Gasteiger partial charge in [0.25, 0.3) is 0 Å². The van der Waals surface area contributed by atoms with E-state index in [-0.39, 0.29) is 0 Å². The van der Waals surface area contributed by atoms with E-state index in [4.69, 9.17) is 10.2 Å². The Morgan fingerprint density at radius 2 is 0.333 bits per heavy atom. The van der Waals surface area contributed by atoms with Crippen molar-refractivity contribution in [2.75, 3.05) is 0 Å². The van der Waals surface area contributed by atoms with Gasteiger partial charge in [-0.25, -0.2) is 0 Å². The van der Waals surface area contributed by atoms with Crippen molar-refractivity contribution in [3.8, 4) is 0 Å². The minimum Gasteiger partial charge on any atom is -0.480 e. The summed E-state index contributed by atoms with van der Waals surface area (Å²) in [6, 6.07) is 0. The van der Waals surface area contributed by atoms with E-state index in [9.17, 15) is 150 Å². The van der Waals surface area contributed by atoms with E-state index >= 15 is 0 Å². The molecule has 0 radical (unpaired) electrons. The fourth-order valence-corrected chi connectivity index (χ4v) is 3.43. The number of carboxylic acids is 2. The topological polar surface area (TPSA) is 74.6 Å². The highest BCUT2D eigenvalue weighted by molar-refractivity contribution is 6.01. The van der Waals surface area contributed by atoms with E-state index in [1.165, 1.54) is 0 Å². The van der Waals surface area contributed by atoms with Crippen LogP contribution in [0.2, 0.25) is 0 Å². The Morgan fingerprint density at radius 1 is 0.222 bits per heavy atom. The van der Waals surface area contributed by atoms with Gasteiger partial charge in [0.1, 0.15) is 0 Å². The summed E-state index contributed by atoms with van der Waals surface area (Å²) in [7, 11) is 0. The number of aliphatic carboxylic acids is 2. The van der Waals surface area contributed by atoms with Crippen LogP contribution in [0.1, 0.15) is 0 Å². The monoisotopic (exact) mass is 890 g/mol. The number of carbonyl (C=O) groups is 2. The maximum Gasteiger partial charge on any atom is 0.460 e. The van der Waals surface area contributed by atoms with E-state index in [2.05, 4.69) is 0 Å². The van der Waals surface area contributed by atoms with Crippen molar-refractivity contribution < 1.29 is 160 Å². The van der Waals surface area contributed by atoms with Crippen LogP contribution in [0, 0.1) is 5.41 Å². The highest BCUT2D eigenvalue weighted by Gasteiger charge is 3.03. The SMILES string of the molecule is O=C(O)C(C(=O)O)(C(F)(F)C(F)(F)C(F)(F)C(F)(F)C(F)(F)C(F)(F)F)C(F)(F)C(F)(F)C(F)(F)C(F)(F)C(F)(F)C(F)(F)C(F)(F)C(F)(F)C(F)(F)F. The van der Waals surface area contributed by atoms with Gasteiger partial charge in [0.15, 0.2) is 0 Å². The van der Waals surface area contributed by atoms with Crippen LogP contribution in [-0.4, -0.2) is 111 Å². The summed E-state index contributed by atoms with van der Waals surface area (Å²) in [5.74, 6) is -139. The van der Waals surface area contributed by atoms with Crippen molar-refractivity contribution in [1.82, 2.24) is 0 Å². The first-order valence-electron chi connectivity index (χ1n) is 11.2. The molecule has 0 atom stereocenters. The molecule has 0 heterocycles. The average molecular weight is 890 g/mol. The van der Waals surface area contributed by atoms with E-state index in [1.54, 1.807) is 0 Å². The van der Waals surface area contributed by atoms with Crippen molar-refractivity contribution in [3.05, 3.63) is 0 Å². The molecule has 0 aromatic heterocycles. The summed E-state index contributed by atoms with van der Waals surface area (Å²) in [5, 5.41) is 16.8. The smallest absolute Gasteiger partial charge is 0.460 e. The molecule has 0 rings (SSSR count). The van der Waals surface area contributed by atoms with Crippen LogP contribution >= 0.6 is 0 Å². The van der Waals surface area contributed by atoms with Crippen molar-refractivity contribution in [1.29, 1.82) is 0 Å². The summed E-state index contributed by atoms with van der Waals surface area (Å²) in [6.07, 6.45) is -16.9. The Kier molecular flexibility index (Phi) is 11.4. The molecule has 0 spiro atoms. The Balaban J connectivity index is 8.43. The average Bonchev–Trinajstić information content (AvgIpc) is 2.89. The van der Waals surface area contributed by atoms with Crippen molar-refractivity contribution in [3.63, 3.8) is 0 Å². The van der Waals surface area contributed by atoms with Gasteiger partial charge in [0, 0.05) is 0 Å². The molecule has 0 unspecified atom stereocenters. The van der Waals surface area contributed by atoms with Gasteiger partial charge in [-0.2, -0.15) is 140 Å². The molecular weight excluding hydrogens is 888 g/mol. The molecule has 0 saturated heterocycles.